The molecule has 0 unspecified atom stereocenters. The van der Waals surface area contributed by atoms with Gasteiger partial charge in [0.25, 0.3) is 11.5 Å². The third-order valence-corrected chi connectivity index (χ3v) is 6.82. The smallest absolute Gasteiger partial charge is 0.265 e. The Bertz CT molecular complexity index is 1270. The number of halogens is 3. The number of likely N-dealkylation sites (tertiary alicyclic amines) is 1. The standard InChI is InChI=1S/C22H19BrCl2N4O3/c1-12-9-28(10-12)18(30)11-29-20-15(19(25)17(23)8-26-20)6-16(22(29)32)21(31)27-7-13-2-4-14(24)5-3-13/h2-6,8,12H,7,9-11H2,1H3,(H,27,31). The van der Waals surface area contributed by atoms with E-state index in [1.807, 2.05) is 0 Å². The van der Waals surface area contributed by atoms with Crippen LogP contribution < -0.4 is 10.9 Å². The topological polar surface area (TPSA) is 84.3 Å². The summed E-state index contributed by atoms with van der Waals surface area (Å²) in [5.74, 6) is -0.339. The second kappa shape index (κ2) is 9.21. The Morgan fingerprint density at radius 1 is 1.22 bits per heavy atom. The van der Waals surface area contributed by atoms with Gasteiger partial charge in [-0.15, -0.1) is 0 Å². The van der Waals surface area contributed by atoms with E-state index in [-0.39, 0.29) is 30.2 Å². The zero-order valence-electron chi connectivity index (χ0n) is 17.1. The van der Waals surface area contributed by atoms with E-state index in [4.69, 9.17) is 23.2 Å². The lowest BCUT2D eigenvalue weighted by molar-refractivity contribution is -0.137. The van der Waals surface area contributed by atoms with Crippen LogP contribution in [-0.4, -0.2) is 39.4 Å². The molecule has 4 rings (SSSR count). The lowest BCUT2D eigenvalue weighted by atomic mass is 10.0. The third kappa shape index (κ3) is 4.53. The van der Waals surface area contributed by atoms with Gasteiger partial charge < -0.3 is 10.2 Å². The number of carbonyl (C=O) groups excluding carboxylic acids is 2. The molecule has 1 aliphatic heterocycles. The molecule has 3 heterocycles. The Morgan fingerprint density at radius 2 is 1.91 bits per heavy atom. The monoisotopic (exact) mass is 536 g/mol. The molecule has 1 N–H and O–H groups in total. The van der Waals surface area contributed by atoms with Crippen LogP contribution in [0.2, 0.25) is 10.0 Å². The van der Waals surface area contributed by atoms with Crippen LogP contribution >= 0.6 is 39.1 Å². The first-order chi connectivity index (χ1) is 15.2. The number of nitrogens with one attached hydrogen (secondary N) is 1. The number of hydrogen-bond acceptors (Lipinski definition) is 4. The lowest BCUT2D eigenvalue weighted by Crippen LogP contribution is -2.50. The van der Waals surface area contributed by atoms with Crippen LogP contribution in [0.5, 0.6) is 0 Å². The molecule has 0 atom stereocenters. The average Bonchev–Trinajstić information content (AvgIpc) is 2.75. The minimum atomic E-state index is -0.598. The van der Waals surface area contributed by atoms with Crippen molar-refractivity contribution in [3.63, 3.8) is 0 Å². The van der Waals surface area contributed by atoms with Gasteiger partial charge in [-0.1, -0.05) is 42.3 Å². The molecule has 0 aliphatic carbocycles. The van der Waals surface area contributed by atoms with Crippen LogP contribution in [0.1, 0.15) is 22.8 Å². The van der Waals surface area contributed by atoms with Gasteiger partial charge >= 0.3 is 0 Å². The number of aromatic nitrogens is 2. The minimum Gasteiger partial charge on any atom is -0.348 e. The maximum absolute atomic E-state index is 13.2. The van der Waals surface area contributed by atoms with Gasteiger partial charge in [-0.05, 0) is 45.6 Å². The van der Waals surface area contributed by atoms with E-state index in [1.54, 1.807) is 29.2 Å². The number of nitrogens with zero attached hydrogens (tertiary/aromatic N) is 3. The number of fused-ring (bicyclic) bond motifs is 1. The number of rotatable bonds is 5. The van der Waals surface area contributed by atoms with Gasteiger partial charge in [0.1, 0.15) is 17.8 Å². The number of benzene rings is 1. The van der Waals surface area contributed by atoms with Crippen LogP contribution in [0.4, 0.5) is 0 Å². The summed E-state index contributed by atoms with van der Waals surface area (Å²) in [4.78, 5) is 44.8. The zero-order chi connectivity index (χ0) is 23.0. The third-order valence-electron chi connectivity index (χ3n) is 5.33. The van der Waals surface area contributed by atoms with Crippen molar-refractivity contribution in [3.8, 4) is 0 Å². The second-order valence-corrected chi connectivity index (χ2v) is 9.49. The Morgan fingerprint density at radius 3 is 2.56 bits per heavy atom. The summed E-state index contributed by atoms with van der Waals surface area (Å²) in [7, 11) is 0. The molecule has 7 nitrogen and oxygen atoms in total. The van der Waals surface area contributed by atoms with Gasteiger partial charge in [-0.2, -0.15) is 0 Å². The summed E-state index contributed by atoms with van der Waals surface area (Å²) in [6.45, 7) is 3.34. The number of hydrogen-bond donors (Lipinski definition) is 1. The highest BCUT2D eigenvalue weighted by Gasteiger charge is 2.28. The SMILES string of the molecule is CC1CN(C(=O)Cn2c(=O)c(C(=O)NCc3ccc(Cl)cc3)cc3c(Cl)c(Br)cnc32)C1. The van der Waals surface area contributed by atoms with E-state index in [2.05, 4.69) is 33.2 Å². The van der Waals surface area contributed by atoms with E-state index in [0.717, 1.165) is 5.56 Å². The molecular formula is C22H19BrCl2N4O3. The highest BCUT2D eigenvalue weighted by molar-refractivity contribution is 9.10. The molecule has 1 aliphatic rings. The average molecular weight is 538 g/mol. The fourth-order valence-electron chi connectivity index (χ4n) is 3.59. The molecule has 2 amide bonds. The Hall–Kier alpha value is -2.42. The van der Waals surface area contributed by atoms with Crippen molar-refractivity contribution in [2.75, 3.05) is 13.1 Å². The number of pyridine rings is 2. The molecule has 10 heteroatoms. The Labute approximate surface area is 202 Å². The van der Waals surface area contributed by atoms with Crippen molar-refractivity contribution in [1.29, 1.82) is 0 Å². The van der Waals surface area contributed by atoms with Crippen molar-refractivity contribution in [3.05, 3.63) is 72.5 Å². The largest absolute Gasteiger partial charge is 0.348 e. The van der Waals surface area contributed by atoms with E-state index in [0.29, 0.717) is 38.9 Å². The van der Waals surface area contributed by atoms with E-state index < -0.39 is 11.5 Å². The van der Waals surface area contributed by atoms with Gasteiger partial charge in [0.2, 0.25) is 5.91 Å². The first-order valence-electron chi connectivity index (χ1n) is 9.92. The molecule has 0 saturated carbocycles. The highest BCUT2D eigenvalue weighted by Crippen LogP contribution is 2.29. The van der Waals surface area contributed by atoms with Gasteiger partial charge in [-0.25, -0.2) is 4.98 Å². The van der Waals surface area contributed by atoms with Crippen LogP contribution in [0.15, 0.2) is 45.8 Å². The maximum atomic E-state index is 13.2. The number of carbonyl (C=O) groups is 2. The molecule has 166 valence electrons. The highest BCUT2D eigenvalue weighted by atomic mass is 79.9. The summed E-state index contributed by atoms with van der Waals surface area (Å²) >= 11 is 15.6. The van der Waals surface area contributed by atoms with Crippen LogP contribution in [-0.2, 0) is 17.9 Å². The van der Waals surface area contributed by atoms with Crippen LogP contribution in [0, 0.1) is 5.92 Å². The fraction of sp³-hybridized carbons (Fsp3) is 0.273. The lowest BCUT2D eigenvalue weighted by Gasteiger charge is -2.37. The predicted octanol–water partition coefficient (Wildman–Crippen LogP) is 3.87. The van der Waals surface area contributed by atoms with Crippen LogP contribution in [0.3, 0.4) is 0 Å². The second-order valence-electron chi connectivity index (χ2n) is 7.82. The Kier molecular flexibility index (Phi) is 6.55. The minimum absolute atomic E-state index is 0.113. The molecule has 1 fully saturated rings. The van der Waals surface area contributed by atoms with Gasteiger partial charge in [0.05, 0.1) is 9.50 Å². The first-order valence-corrected chi connectivity index (χ1v) is 11.5. The zero-order valence-corrected chi connectivity index (χ0v) is 20.2. The molecule has 32 heavy (non-hydrogen) atoms. The van der Waals surface area contributed by atoms with Crippen molar-refractivity contribution < 1.29 is 9.59 Å². The van der Waals surface area contributed by atoms with E-state index in [1.165, 1.54) is 16.8 Å². The Balaban J connectivity index is 1.69. The normalized spacial score (nSPS) is 13.8. The summed E-state index contributed by atoms with van der Waals surface area (Å²) in [5, 5.41) is 4.04. The van der Waals surface area contributed by atoms with Gasteiger partial charge in [0, 0.05) is 36.2 Å². The van der Waals surface area contributed by atoms with Crippen molar-refractivity contribution in [2.24, 2.45) is 5.92 Å². The molecule has 1 aromatic carbocycles. The maximum Gasteiger partial charge on any atom is 0.265 e. The van der Waals surface area contributed by atoms with Gasteiger partial charge in [0.15, 0.2) is 0 Å². The summed E-state index contributed by atoms with van der Waals surface area (Å²) in [6, 6.07) is 8.42. The summed E-state index contributed by atoms with van der Waals surface area (Å²) in [6.07, 6.45) is 1.47. The van der Waals surface area contributed by atoms with Crippen molar-refractivity contribution in [2.45, 2.75) is 20.0 Å². The van der Waals surface area contributed by atoms with Crippen LogP contribution in [0.25, 0.3) is 11.0 Å². The molecule has 1 saturated heterocycles. The van der Waals surface area contributed by atoms with Crippen molar-refractivity contribution >= 4 is 62.0 Å². The van der Waals surface area contributed by atoms with E-state index >= 15 is 0 Å². The number of amides is 2. The molecule has 0 radical (unpaired) electrons. The molecule has 3 aromatic rings. The summed E-state index contributed by atoms with van der Waals surface area (Å²) < 4.78 is 1.74. The molecule has 0 spiro atoms. The quantitative estimate of drug-likeness (QED) is 0.535. The molecule has 2 aromatic heterocycles. The van der Waals surface area contributed by atoms with Gasteiger partial charge in [-0.3, -0.25) is 19.0 Å². The fourth-order valence-corrected chi connectivity index (χ4v) is 4.22. The van der Waals surface area contributed by atoms with E-state index in [9.17, 15) is 14.4 Å². The predicted molar refractivity (Wildman–Crippen MR) is 127 cm³/mol. The summed E-state index contributed by atoms with van der Waals surface area (Å²) in [5.41, 5.74) is 0.365. The van der Waals surface area contributed by atoms with Crippen molar-refractivity contribution in [1.82, 2.24) is 19.8 Å². The molecule has 0 bridgehead atoms. The molecular weight excluding hydrogens is 519 g/mol. The first kappa shape index (κ1) is 22.8.